The average Bonchev–Trinajstić information content (AvgIpc) is 2.55. The van der Waals surface area contributed by atoms with Gasteiger partial charge in [0.25, 0.3) is 0 Å². The Morgan fingerprint density at radius 3 is 2.71 bits per heavy atom. The van der Waals surface area contributed by atoms with Gasteiger partial charge in [-0.1, -0.05) is 29.8 Å². The zero-order valence-corrected chi connectivity index (χ0v) is 14.8. The zero-order chi connectivity index (χ0) is 16.9. The van der Waals surface area contributed by atoms with Crippen molar-refractivity contribution >= 4 is 23.0 Å². The summed E-state index contributed by atoms with van der Waals surface area (Å²) < 4.78 is 12.0. The third-order valence-electron chi connectivity index (χ3n) is 4.78. The van der Waals surface area contributed by atoms with Gasteiger partial charge in [0.05, 0.1) is 13.2 Å². The predicted octanol–water partition coefficient (Wildman–Crippen LogP) is 3.94. The Labute approximate surface area is 147 Å². The van der Waals surface area contributed by atoms with E-state index < -0.39 is 5.72 Å². The quantitative estimate of drug-likeness (QED) is 0.838. The van der Waals surface area contributed by atoms with Gasteiger partial charge >= 0.3 is 0 Å². The molecule has 2 unspecified atom stereocenters. The molecule has 0 aliphatic carbocycles. The topological polar surface area (TPSA) is 33.7 Å². The second-order valence-electron chi connectivity index (χ2n) is 6.53. The van der Waals surface area contributed by atoms with Gasteiger partial charge in [0.15, 0.2) is 22.3 Å². The lowest BCUT2D eigenvalue weighted by atomic mass is 9.90. The molecule has 0 saturated carbocycles. The van der Waals surface area contributed by atoms with Crippen LogP contribution in [0.5, 0.6) is 11.5 Å². The summed E-state index contributed by atoms with van der Waals surface area (Å²) in [4.78, 5) is 2.06. The minimum absolute atomic E-state index is 0.128. The maximum Gasteiger partial charge on any atom is 0.188 e. The number of hydrogen-bond donors (Lipinski definition) is 1. The Bertz CT molecular complexity index is 806. The number of rotatable bonds is 2. The van der Waals surface area contributed by atoms with Crippen molar-refractivity contribution in [3.05, 3.63) is 53.6 Å². The van der Waals surface area contributed by atoms with E-state index in [-0.39, 0.29) is 6.04 Å². The molecule has 2 aliphatic rings. The Morgan fingerprint density at radius 2 is 2.00 bits per heavy atom. The van der Waals surface area contributed by atoms with Crippen LogP contribution in [-0.4, -0.2) is 17.9 Å². The largest absolute Gasteiger partial charge is 0.493 e. The second kappa shape index (κ2) is 5.38. The smallest absolute Gasteiger partial charge is 0.188 e. The molecule has 0 spiro atoms. The SMILES string of the molecule is COc1cccc2c1OC1(C)CC2NC(=S)N1c1ccc(C)cc1. The Morgan fingerprint density at radius 1 is 1.25 bits per heavy atom. The maximum absolute atomic E-state index is 6.45. The first-order chi connectivity index (χ1) is 11.5. The first kappa shape index (κ1) is 15.3. The van der Waals surface area contributed by atoms with E-state index in [4.69, 9.17) is 21.7 Å². The van der Waals surface area contributed by atoms with Gasteiger partial charge in [-0.15, -0.1) is 0 Å². The van der Waals surface area contributed by atoms with Crippen molar-refractivity contribution in [3.8, 4) is 11.5 Å². The molecule has 2 heterocycles. The fraction of sp³-hybridized carbons (Fsp3) is 0.316. The fourth-order valence-electron chi connectivity index (χ4n) is 3.61. The first-order valence-corrected chi connectivity index (χ1v) is 8.46. The number of benzene rings is 2. The van der Waals surface area contributed by atoms with E-state index in [1.54, 1.807) is 7.11 Å². The maximum atomic E-state index is 6.45. The summed E-state index contributed by atoms with van der Waals surface area (Å²) in [5.41, 5.74) is 2.79. The van der Waals surface area contributed by atoms with E-state index in [0.717, 1.165) is 29.2 Å². The summed E-state index contributed by atoms with van der Waals surface area (Å²) in [5.74, 6) is 1.55. The van der Waals surface area contributed by atoms with E-state index in [1.807, 2.05) is 12.1 Å². The lowest BCUT2D eigenvalue weighted by Crippen LogP contribution is -2.65. The molecule has 1 fully saturated rings. The Hall–Kier alpha value is -2.27. The molecule has 4 rings (SSSR count). The molecule has 0 amide bonds. The molecular formula is C19H20N2O2S. The Balaban J connectivity index is 1.81. The van der Waals surface area contributed by atoms with Crippen LogP contribution in [0.3, 0.4) is 0 Å². The predicted molar refractivity (Wildman–Crippen MR) is 98.8 cm³/mol. The molecule has 0 radical (unpaired) electrons. The highest BCUT2D eigenvalue weighted by Gasteiger charge is 2.49. The van der Waals surface area contributed by atoms with Gasteiger partial charge < -0.3 is 14.8 Å². The standard InChI is InChI=1S/C19H20N2O2S/c1-12-7-9-13(10-8-12)21-18(24)20-15-11-19(21,2)23-17-14(15)5-4-6-16(17)22-3/h4-10,15H,11H2,1-3H3,(H,20,24). The van der Waals surface area contributed by atoms with Crippen LogP contribution in [0.4, 0.5) is 5.69 Å². The molecular weight excluding hydrogens is 320 g/mol. The number of aryl methyl sites for hydroxylation is 1. The normalized spacial score (nSPS) is 24.7. The molecule has 2 aromatic rings. The minimum atomic E-state index is -0.552. The summed E-state index contributed by atoms with van der Waals surface area (Å²) in [6, 6.07) is 14.4. The number of fused-ring (bicyclic) bond motifs is 4. The molecule has 4 nitrogen and oxygen atoms in total. The van der Waals surface area contributed by atoms with Crippen LogP contribution >= 0.6 is 12.2 Å². The molecule has 2 bridgehead atoms. The summed E-state index contributed by atoms with van der Waals surface area (Å²) in [6.07, 6.45) is 0.807. The monoisotopic (exact) mass is 340 g/mol. The molecule has 2 aromatic carbocycles. The van der Waals surface area contributed by atoms with Gasteiger partial charge in [-0.05, 0) is 44.3 Å². The zero-order valence-electron chi connectivity index (χ0n) is 14.0. The summed E-state index contributed by atoms with van der Waals surface area (Å²) in [7, 11) is 1.67. The summed E-state index contributed by atoms with van der Waals surface area (Å²) in [6.45, 7) is 4.16. The molecule has 2 aliphatic heterocycles. The van der Waals surface area contributed by atoms with Crippen molar-refractivity contribution in [2.45, 2.75) is 32.0 Å². The number of thiocarbonyl (C=S) groups is 1. The number of ether oxygens (including phenoxy) is 2. The van der Waals surface area contributed by atoms with Crippen molar-refractivity contribution in [1.82, 2.24) is 5.32 Å². The molecule has 1 saturated heterocycles. The van der Waals surface area contributed by atoms with Gasteiger partial charge in [-0.25, -0.2) is 0 Å². The lowest BCUT2D eigenvalue weighted by molar-refractivity contribution is 0.0464. The molecule has 5 heteroatoms. The lowest BCUT2D eigenvalue weighted by Gasteiger charge is -2.52. The summed E-state index contributed by atoms with van der Waals surface area (Å²) in [5, 5.41) is 4.15. The first-order valence-electron chi connectivity index (χ1n) is 8.05. The van der Waals surface area contributed by atoms with Crippen LogP contribution < -0.4 is 19.7 Å². The van der Waals surface area contributed by atoms with Crippen LogP contribution in [0.1, 0.15) is 30.5 Å². The number of para-hydroxylation sites is 1. The van der Waals surface area contributed by atoms with Crippen LogP contribution in [0, 0.1) is 6.92 Å². The van der Waals surface area contributed by atoms with E-state index in [2.05, 4.69) is 54.4 Å². The van der Waals surface area contributed by atoms with Crippen molar-refractivity contribution in [2.75, 3.05) is 12.0 Å². The average molecular weight is 340 g/mol. The number of methoxy groups -OCH3 is 1. The van der Waals surface area contributed by atoms with Crippen molar-refractivity contribution in [3.63, 3.8) is 0 Å². The van der Waals surface area contributed by atoms with Crippen molar-refractivity contribution in [1.29, 1.82) is 0 Å². The Kier molecular flexibility index (Phi) is 3.42. The van der Waals surface area contributed by atoms with E-state index >= 15 is 0 Å². The third kappa shape index (κ3) is 2.23. The van der Waals surface area contributed by atoms with Gasteiger partial charge in [0, 0.05) is 17.7 Å². The van der Waals surface area contributed by atoms with Crippen LogP contribution in [-0.2, 0) is 0 Å². The van der Waals surface area contributed by atoms with Gasteiger partial charge in [-0.3, -0.25) is 4.90 Å². The van der Waals surface area contributed by atoms with Gasteiger partial charge in [0.2, 0.25) is 0 Å². The highest BCUT2D eigenvalue weighted by atomic mass is 32.1. The van der Waals surface area contributed by atoms with Crippen LogP contribution in [0.25, 0.3) is 0 Å². The van der Waals surface area contributed by atoms with E-state index in [9.17, 15) is 0 Å². The molecule has 2 atom stereocenters. The molecule has 24 heavy (non-hydrogen) atoms. The number of anilines is 1. The van der Waals surface area contributed by atoms with E-state index in [0.29, 0.717) is 5.11 Å². The van der Waals surface area contributed by atoms with Crippen molar-refractivity contribution < 1.29 is 9.47 Å². The molecule has 0 aromatic heterocycles. The second-order valence-corrected chi connectivity index (χ2v) is 6.92. The fourth-order valence-corrected chi connectivity index (χ4v) is 4.05. The molecule has 124 valence electrons. The van der Waals surface area contributed by atoms with Crippen LogP contribution in [0.2, 0.25) is 0 Å². The highest BCUT2D eigenvalue weighted by molar-refractivity contribution is 7.80. The number of nitrogens with one attached hydrogen (secondary N) is 1. The van der Waals surface area contributed by atoms with Gasteiger partial charge in [-0.2, -0.15) is 0 Å². The van der Waals surface area contributed by atoms with Gasteiger partial charge in [0.1, 0.15) is 0 Å². The molecule has 1 N–H and O–H groups in total. The highest BCUT2D eigenvalue weighted by Crippen LogP contribution is 2.48. The van der Waals surface area contributed by atoms with Crippen LogP contribution in [0.15, 0.2) is 42.5 Å². The minimum Gasteiger partial charge on any atom is -0.493 e. The number of nitrogens with zero attached hydrogens (tertiary/aromatic N) is 1. The van der Waals surface area contributed by atoms with E-state index in [1.165, 1.54) is 5.56 Å². The van der Waals surface area contributed by atoms with Crippen molar-refractivity contribution in [2.24, 2.45) is 0 Å². The summed E-state index contributed by atoms with van der Waals surface area (Å²) >= 11 is 5.66. The third-order valence-corrected chi connectivity index (χ3v) is 5.08. The number of hydrogen-bond acceptors (Lipinski definition) is 3.